The molecule has 0 aliphatic heterocycles. The maximum Gasteiger partial charge on any atom is 0.354 e. The summed E-state index contributed by atoms with van der Waals surface area (Å²) in [6.07, 6.45) is 1.84. The van der Waals surface area contributed by atoms with Crippen molar-refractivity contribution < 1.29 is 14.3 Å². The molecule has 0 spiro atoms. The Balaban J connectivity index is 2.24. The Morgan fingerprint density at radius 1 is 1.40 bits per heavy atom. The fourth-order valence-corrected chi connectivity index (χ4v) is 2.02. The van der Waals surface area contributed by atoms with Crippen molar-refractivity contribution in [2.45, 2.75) is 20.4 Å². The van der Waals surface area contributed by atoms with Crippen molar-refractivity contribution in [1.29, 1.82) is 0 Å². The first-order valence-electron chi connectivity index (χ1n) is 6.48. The molecule has 0 atom stereocenters. The third-order valence-electron chi connectivity index (χ3n) is 2.86. The van der Waals surface area contributed by atoms with E-state index in [1.807, 2.05) is 35.9 Å². The van der Waals surface area contributed by atoms with Crippen molar-refractivity contribution in [2.75, 3.05) is 13.7 Å². The lowest BCUT2D eigenvalue weighted by atomic mass is 10.3. The Bertz CT molecular complexity index is 605. The second-order valence-corrected chi connectivity index (χ2v) is 4.38. The number of pyridine rings is 1. The van der Waals surface area contributed by atoms with E-state index in [1.165, 1.54) is 0 Å². The molecule has 2 aromatic heterocycles. The van der Waals surface area contributed by atoms with Gasteiger partial charge in [-0.2, -0.15) is 0 Å². The van der Waals surface area contributed by atoms with Crippen molar-refractivity contribution >= 4 is 5.97 Å². The van der Waals surface area contributed by atoms with Gasteiger partial charge in [0.2, 0.25) is 0 Å². The molecule has 0 saturated heterocycles. The first-order chi connectivity index (χ1) is 9.63. The predicted octanol–water partition coefficient (Wildman–Crippen LogP) is 2.43. The highest BCUT2D eigenvalue weighted by molar-refractivity contribution is 5.87. The Hall–Kier alpha value is -2.30. The molecule has 2 aromatic rings. The number of carbonyl (C=O) groups excluding carboxylic acids is 1. The molecule has 0 saturated carbocycles. The van der Waals surface area contributed by atoms with Crippen LogP contribution in [-0.4, -0.2) is 29.2 Å². The normalized spacial score (nSPS) is 10.3. The zero-order chi connectivity index (χ0) is 14.5. The SMILES string of the molecule is CCOC(=O)c1cccn1Cc1cc(OC)cc(C)n1. The first-order valence-corrected chi connectivity index (χ1v) is 6.48. The molecule has 0 fully saturated rings. The highest BCUT2D eigenvalue weighted by Crippen LogP contribution is 2.15. The fraction of sp³-hybridized carbons (Fsp3) is 0.333. The van der Waals surface area contributed by atoms with Crippen LogP contribution in [0.15, 0.2) is 30.5 Å². The van der Waals surface area contributed by atoms with Gasteiger partial charge in [0.1, 0.15) is 11.4 Å². The minimum atomic E-state index is -0.322. The van der Waals surface area contributed by atoms with Crippen LogP contribution in [0.1, 0.15) is 28.8 Å². The summed E-state index contributed by atoms with van der Waals surface area (Å²) in [7, 11) is 1.62. The minimum Gasteiger partial charge on any atom is -0.497 e. The summed E-state index contributed by atoms with van der Waals surface area (Å²) in [4.78, 5) is 16.3. The number of rotatable bonds is 5. The van der Waals surface area contributed by atoms with E-state index in [4.69, 9.17) is 9.47 Å². The summed E-state index contributed by atoms with van der Waals surface area (Å²) < 4.78 is 12.1. The quantitative estimate of drug-likeness (QED) is 0.786. The molecule has 0 aliphatic rings. The number of methoxy groups -OCH3 is 1. The molecule has 5 heteroatoms. The van der Waals surface area contributed by atoms with Crippen LogP contribution in [0.5, 0.6) is 5.75 Å². The summed E-state index contributed by atoms with van der Waals surface area (Å²) in [6.45, 7) is 4.56. The van der Waals surface area contributed by atoms with Gasteiger partial charge in [0.05, 0.1) is 26.0 Å². The molecule has 2 heterocycles. The molecule has 0 radical (unpaired) electrons. The highest BCUT2D eigenvalue weighted by atomic mass is 16.5. The molecule has 0 N–H and O–H groups in total. The lowest BCUT2D eigenvalue weighted by Crippen LogP contribution is -2.13. The molecule has 0 unspecified atom stereocenters. The van der Waals surface area contributed by atoms with Crippen molar-refractivity contribution in [1.82, 2.24) is 9.55 Å². The Labute approximate surface area is 118 Å². The van der Waals surface area contributed by atoms with Gasteiger partial charge in [-0.3, -0.25) is 4.98 Å². The summed E-state index contributed by atoms with van der Waals surface area (Å²) in [5.74, 6) is 0.439. The first kappa shape index (κ1) is 14.1. The van der Waals surface area contributed by atoms with Crippen LogP contribution in [-0.2, 0) is 11.3 Å². The molecule has 106 valence electrons. The molecule has 0 amide bonds. The summed E-state index contributed by atoms with van der Waals surface area (Å²) >= 11 is 0. The summed E-state index contributed by atoms with van der Waals surface area (Å²) in [5, 5.41) is 0. The number of carbonyl (C=O) groups is 1. The van der Waals surface area contributed by atoms with Gasteiger partial charge < -0.3 is 14.0 Å². The smallest absolute Gasteiger partial charge is 0.354 e. The van der Waals surface area contributed by atoms with Crippen LogP contribution in [0.4, 0.5) is 0 Å². The maximum atomic E-state index is 11.8. The second kappa shape index (κ2) is 6.23. The number of hydrogen-bond donors (Lipinski definition) is 0. The van der Waals surface area contributed by atoms with Gasteiger partial charge in [-0.05, 0) is 26.0 Å². The van der Waals surface area contributed by atoms with Gasteiger partial charge in [0, 0.05) is 24.0 Å². The zero-order valence-corrected chi connectivity index (χ0v) is 11.9. The average molecular weight is 274 g/mol. The van der Waals surface area contributed by atoms with Crippen molar-refractivity contribution in [2.24, 2.45) is 0 Å². The number of aromatic nitrogens is 2. The molecule has 5 nitrogen and oxygen atoms in total. The zero-order valence-electron chi connectivity index (χ0n) is 11.9. The van der Waals surface area contributed by atoms with E-state index in [9.17, 15) is 4.79 Å². The van der Waals surface area contributed by atoms with E-state index in [1.54, 1.807) is 20.1 Å². The molecule has 0 aromatic carbocycles. The minimum absolute atomic E-state index is 0.322. The van der Waals surface area contributed by atoms with E-state index in [0.717, 1.165) is 17.1 Å². The fourth-order valence-electron chi connectivity index (χ4n) is 2.02. The molecular formula is C15H18N2O3. The van der Waals surface area contributed by atoms with Crippen LogP contribution in [0, 0.1) is 6.92 Å². The lowest BCUT2D eigenvalue weighted by Gasteiger charge is -2.10. The van der Waals surface area contributed by atoms with E-state index >= 15 is 0 Å². The number of aryl methyl sites for hydroxylation is 1. The largest absolute Gasteiger partial charge is 0.497 e. The molecule has 20 heavy (non-hydrogen) atoms. The van der Waals surface area contributed by atoms with Crippen LogP contribution in [0.25, 0.3) is 0 Å². The molecule has 2 rings (SSSR count). The van der Waals surface area contributed by atoms with Gasteiger partial charge in [-0.1, -0.05) is 0 Å². The van der Waals surface area contributed by atoms with Gasteiger partial charge >= 0.3 is 5.97 Å². The van der Waals surface area contributed by atoms with Crippen LogP contribution < -0.4 is 4.74 Å². The Kier molecular flexibility index (Phi) is 4.40. The standard InChI is InChI=1S/C15H18N2O3/c1-4-20-15(18)14-6-5-7-17(14)10-12-9-13(19-3)8-11(2)16-12/h5-9H,4,10H2,1-3H3. The second-order valence-electron chi connectivity index (χ2n) is 4.38. The van der Waals surface area contributed by atoms with Crippen molar-refractivity contribution in [3.05, 3.63) is 47.5 Å². The van der Waals surface area contributed by atoms with Crippen LogP contribution in [0.2, 0.25) is 0 Å². The molecular weight excluding hydrogens is 256 g/mol. The maximum absolute atomic E-state index is 11.8. The molecule has 0 aliphatic carbocycles. The summed E-state index contributed by atoms with van der Waals surface area (Å²) in [6, 6.07) is 7.29. The van der Waals surface area contributed by atoms with Crippen molar-refractivity contribution in [3.8, 4) is 5.75 Å². The van der Waals surface area contributed by atoms with E-state index in [2.05, 4.69) is 4.98 Å². The predicted molar refractivity (Wildman–Crippen MR) is 75.0 cm³/mol. The van der Waals surface area contributed by atoms with E-state index in [-0.39, 0.29) is 5.97 Å². The van der Waals surface area contributed by atoms with E-state index < -0.39 is 0 Å². The third-order valence-corrected chi connectivity index (χ3v) is 2.86. The molecule has 0 bridgehead atoms. The number of nitrogens with zero attached hydrogens (tertiary/aromatic N) is 2. The monoisotopic (exact) mass is 274 g/mol. The topological polar surface area (TPSA) is 53.4 Å². The lowest BCUT2D eigenvalue weighted by molar-refractivity contribution is 0.0514. The van der Waals surface area contributed by atoms with Gasteiger partial charge in [-0.15, -0.1) is 0 Å². The number of esters is 1. The van der Waals surface area contributed by atoms with Crippen molar-refractivity contribution in [3.63, 3.8) is 0 Å². The number of ether oxygens (including phenoxy) is 2. The average Bonchev–Trinajstić information content (AvgIpc) is 2.86. The Morgan fingerprint density at radius 3 is 2.90 bits per heavy atom. The number of hydrogen-bond acceptors (Lipinski definition) is 4. The third kappa shape index (κ3) is 3.17. The Morgan fingerprint density at radius 2 is 2.20 bits per heavy atom. The van der Waals surface area contributed by atoms with Crippen LogP contribution >= 0.6 is 0 Å². The summed E-state index contributed by atoms with van der Waals surface area (Å²) in [5.41, 5.74) is 2.24. The van der Waals surface area contributed by atoms with Gasteiger partial charge in [0.15, 0.2) is 0 Å². The van der Waals surface area contributed by atoms with Gasteiger partial charge in [0.25, 0.3) is 0 Å². The van der Waals surface area contributed by atoms with E-state index in [0.29, 0.717) is 18.8 Å². The van der Waals surface area contributed by atoms with Crippen LogP contribution in [0.3, 0.4) is 0 Å². The highest BCUT2D eigenvalue weighted by Gasteiger charge is 2.12. The van der Waals surface area contributed by atoms with Gasteiger partial charge in [-0.25, -0.2) is 4.79 Å².